The Labute approximate surface area is 108 Å². The molecule has 0 bridgehead atoms. The van der Waals surface area contributed by atoms with E-state index in [0.29, 0.717) is 13.0 Å². The van der Waals surface area contributed by atoms with E-state index in [1.807, 2.05) is 43.4 Å². The molecule has 0 aliphatic rings. The zero-order valence-electron chi connectivity index (χ0n) is 10.7. The summed E-state index contributed by atoms with van der Waals surface area (Å²) in [5.41, 5.74) is 1.05. The predicted octanol–water partition coefficient (Wildman–Crippen LogP) is 1.54. The highest BCUT2D eigenvalue weighted by Crippen LogP contribution is 2.06. The first-order valence-corrected chi connectivity index (χ1v) is 6.11. The lowest BCUT2D eigenvalue weighted by Crippen LogP contribution is -2.31. The Balaban J connectivity index is 2.54. The normalized spacial score (nSPS) is 9.78. The molecule has 0 spiro atoms. The molecule has 0 atom stereocenters. The summed E-state index contributed by atoms with van der Waals surface area (Å²) in [5.74, 6) is 0.0376. The van der Waals surface area contributed by atoms with Crippen LogP contribution in [0.15, 0.2) is 30.3 Å². The molecule has 1 aromatic carbocycles. The van der Waals surface area contributed by atoms with Crippen molar-refractivity contribution in [3.8, 4) is 6.07 Å². The second kappa shape index (κ2) is 8.26. The molecule has 96 valence electrons. The number of nitriles is 1. The number of rotatable bonds is 7. The van der Waals surface area contributed by atoms with Crippen molar-refractivity contribution in [2.45, 2.75) is 19.4 Å². The highest BCUT2D eigenvalue weighted by molar-refractivity contribution is 5.76. The zero-order chi connectivity index (χ0) is 13.2. The molecule has 0 aromatic heterocycles. The fourth-order valence-electron chi connectivity index (χ4n) is 1.70. The number of hydrogen-bond donors (Lipinski definition) is 1. The third-order valence-corrected chi connectivity index (χ3v) is 2.65. The summed E-state index contributed by atoms with van der Waals surface area (Å²) in [6.07, 6.45) is 1.28. The number of carbonyl (C=O) groups is 1. The summed E-state index contributed by atoms with van der Waals surface area (Å²) in [4.78, 5) is 13.6. The first-order chi connectivity index (χ1) is 8.77. The van der Waals surface area contributed by atoms with Gasteiger partial charge in [0.25, 0.3) is 0 Å². The number of carbonyl (C=O) groups excluding carboxylic acids is 1. The molecule has 0 radical (unpaired) electrons. The molecule has 0 aliphatic carbocycles. The standard InChI is InChI=1S/C14H19N3O/c1-16-10-5-8-14(18)17(11-9-15)12-13-6-3-2-4-7-13/h2-4,6-7,16H,5,8,10-12H2,1H3. The summed E-state index contributed by atoms with van der Waals surface area (Å²) in [6.45, 7) is 1.47. The lowest BCUT2D eigenvalue weighted by Gasteiger charge is -2.19. The third kappa shape index (κ3) is 4.98. The van der Waals surface area contributed by atoms with Crippen molar-refractivity contribution in [1.29, 1.82) is 5.26 Å². The van der Waals surface area contributed by atoms with Crippen molar-refractivity contribution in [1.82, 2.24) is 10.2 Å². The minimum Gasteiger partial charge on any atom is -0.325 e. The summed E-state index contributed by atoms with van der Waals surface area (Å²) < 4.78 is 0. The first-order valence-electron chi connectivity index (χ1n) is 6.11. The van der Waals surface area contributed by atoms with Crippen LogP contribution in [0.3, 0.4) is 0 Å². The Hall–Kier alpha value is -1.86. The van der Waals surface area contributed by atoms with Crippen LogP contribution in [0.2, 0.25) is 0 Å². The Kier molecular flexibility index (Phi) is 6.52. The smallest absolute Gasteiger partial charge is 0.223 e. The highest BCUT2D eigenvalue weighted by Gasteiger charge is 2.12. The van der Waals surface area contributed by atoms with Gasteiger partial charge in [0.15, 0.2) is 0 Å². The molecule has 1 rings (SSSR count). The Morgan fingerprint density at radius 3 is 2.72 bits per heavy atom. The number of nitrogens with one attached hydrogen (secondary N) is 1. The summed E-state index contributed by atoms with van der Waals surface area (Å²) in [6, 6.07) is 11.8. The molecule has 0 aliphatic heterocycles. The molecule has 4 nitrogen and oxygen atoms in total. The van der Waals surface area contributed by atoms with E-state index in [1.165, 1.54) is 0 Å². The van der Waals surface area contributed by atoms with Crippen LogP contribution in [-0.2, 0) is 11.3 Å². The van der Waals surface area contributed by atoms with E-state index in [-0.39, 0.29) is 12.5 Å². The van der Waals surface area contributed by atoms with Gasteiger partial charge in [0.1, 0.15) is 6.54 Å². The SMILES string of the molecule is CNCCCC(=O)N(CC#N)Cc1ccccc1. The monoisotopic (exact) mass is 245 g/mol. The summed E-state index contributed by atoms with van der Waals surface area (Å²) in [5, 5.41) is 11.8. The molecule has 1 amide bonds. The second-order valence-electron chi connectivity index (χ2n) is 4.10. The van der Waals surface area contributed by atoms with Crippen molar-refractivity contribution < 1.29 is 4.79 Å². The fraction of sp³-hybridized carbons (Fsp3) is 0.429. The van der Waals surface area contributed by atoms with Crippen molar-refractivity contribution in [2.75, 3.05) is 20.1 Å². The summed E-state index contributed by atoms with van der Waals surface area (Å²) >= 11 is 0. The van der Waals surface area contributed by atoms with E-state index in [9.17, 15) is 4.79 Å². The molecule has 1 N–H and O–H groups in total. The van der Waals surface area contributed by atoms with E-state index in [1.54, 1.807) is 4.90 Å². The highest BCUT2D eigenvalue weighted by atomic mass is 16.2. The molecule has 0 saturated heterocycles. The maximum Gasteiger partial charge on any atom is 0.223 e. The van der Waals surface area contributed by atoms with Gasteiger partial charge in [-0.15, -0.1) is 0 Å². The van der Waals surface area contributed by atoms with Crippen molar-refractivity contribution in [2.24, 2.45) is 0 Å². The van der Waals surface area contributed by atoms with Crippen LogP contribution in [0.1, 0.15) is 18.4 Å². The van der Waals surface area contributed by atoms with Gasteiger partial charge in [-0.3, -0.25) is 4.79 Å². The number of benzene rings is 1. The fourth-order valence-corrected chi connectivity index (χ4v) is 1.70. The molecular formula is C14H19N3O. The first kappa shape index (κ1) is 14.2. The Bertz CT molecular complexity index is 397. The average molecular weight is 245 g/mol. The van der Waals surface area contributed by atoms with E-state index in [4.69, 9.17) is 5.26 Å². The number of hydrogen-bond acceptors (Lipinski definition) is 3. The number of amides is 1. The van der Waals surface area contributed by atoms with Gasteiger partial charge in [-0.25, -0.2) is 0 Å². The van der Waals surface area contributed by atoms with Crippen LogP contribution in [0.4, 0.5) is 0 Å². The van der Waals surface area contributed by atoms with Crippen LogP contribution >= 0.6 is 0 Å². The Morgan fingerprint density at radius 1 is 1.39 bits per heavy atom. The van der Waals surface area contributed by atoms with Gasteiger partial charge < -0.3 is 10.2 Å². The topological polar surface area (TPSA) is 56.1 Å². The minimum absolute atomic E-state index is 0.0376. The molecule has 0 fully saturated rings. The second-order valence-corrected chi connectivity index (χ2v) is 4.10. The van der Waals surface area contributed by atoms with E-state index >= 15 is 0 Å². The van der Waals surface area contributed by atoms with Gasteiger partial charge in [-0.1, -0.05) is 30.3 Å². The molecule has 18 heavy (non-hydrogen) atoms. The molecule has 0 saturated carbocycles. The zero-order valence-corrected chi connectivity index (χ0v) is 10.7. The Morgan fingerprint density at radius 2 is 2.11 bits per heavy atom. The van der Waals surface area contributed by atoms with Gasteiger partial charge in [-0.05, 0) is 25.6 Å². The molecule has 0 heterocycles. The average Bonchev–Trinajstić information content (AvgIpc) is 2.39. The largest absolute Gasteiger partial charge is 0.325 e. The van der Waals surface area contributed by atoms with E-state index in [2.05, 4.69) is 5.32 Å². The van der Waals surface area contributed by atoms with Crippen molar-refractivity contribution in [3.05, 3.63) is 35.9 Å². The minimum atomic E-state index is 0.0376. The van der Waals surface area contributed by atoms with Crippen LogP contribution in [-0.4, -0.2) is 30.9 Å². The summed E-state index contributed by atoms with van der Waals surface area (Å²) in [7, 11) is 1.86. The lowest BCUT2D eigenvalue weighted by atomic mass is 10.2. The maximum absolute atomic E-state index is 12.0. The van der Waals surface area contributed by atoms with Gasteiger partial charge in [0.2, 0.25) is 5.91 Å². The van der Waals surface area contributed by atoms with Gasteiger partial charge in [-0.2, -0.15) is 5.26 Å². The van der Waals surface area contributed by atoms with Crippen LogP contribution in [0, 0.1) is 11.3 Å². The van der Waals surface area contributed by atoms with E-state index < -0.39 is 0 Å². The molecule has 0 unspecified atom stereocenters. The van der Waals surface area contributed by atoms with Gasteiger partial charge in [0, 0.05) is 13.0 Å². The molecule has 1 aromatic rings. The lowest BCUT2D eigenvalue weighted by molar-refractivity contribution is -0.131. The van der Waals surface area contributed by atoms with Gasteiger partial charge in [0.05, 0.1) is 6.07 Å². The molecule has 4 heteroatoms. The van der Waals surface area contributed by atoms with E-state index in [0.717, 1.165) is 18.5 Å². The van der Waals surface area contributed by atoms with Crippen LogP contribution in [0.5, 0.6) is 0 Å². The van der Waals surface area contributed by atoms with Crippen molar-refractivity contribution in [3.63, 3.8) is 0 Å². The quantitative estimate of drug-likeness (QED) is 0.585. The third-order valence-electron chi connectivity index (χ3n) is 2.65. The molecular weight excluding hydrogens is 226 g/mol. The maximum atomic E-state index is 12.0. The number of nitrogens with zero attached hydrogens (tertiary/aromatic N) is 2. The van der Waals surface area contributed by atoms with Gasteiger partial charge >= 0.3 is 0 Å². The van der Waals surface area contributed by atoms with Crippen LogP contribution in [0.25, 0.3) is 0 Å². The van der Waals surface area contributed by atoms with Crippen molar-refractivity contribution >= 4 is 5.91 Å². The van der Waals surface area contributed by atoms with Crippen LogP contribution < -0.4 is 5.32 Å². The predicted molar refractivity (Wildman–Crippen MR) is 70.6 cm³/mol.